The van der Waals surface area contributed by atoms with Gasteiger partial charge in [0.15, 0.2) is 0 Å². The number of likely N-dealkylation sites (N-methyl/N-ethyl adjacent to an activating group) is 1. The van der Waals surface area contributed by atoms with Crippen molar-refractivity contribution in [2.45, 2.75) is 19.8 Å². The van der Waals surface area contributed by atoms with Crippen molar-refractivity contribution < 1.29 is 19.0 Å². The van der Waals surface area contributed by atoms with E-state index in [2.05, 4.69) is 46.1 Å². The number of nitrogens with zero attached hydrogens (tertiary/aromatic N) is 3. The highest BCUT2D eigenvalue weighted by Crippen LogP contribution is 2.16. The molecule has 0 saturated carbocycles. The van der Waals surface area contributed by atoms with Crippen molar-refractivity contribution in [1.29, 1.82) is 0 Å². The Bertz CT molecular complexity index is 1170. The predicted molar refractivity (Wildman–Crippen MR) is 144 cm³/mol. The van der Waals surface area contributed by atoms with Crippen LogP contribution < -0.4 is 15.2 Å². The van der Waals surface area contributed by atoms with Gasteiger partial charge in [-0.3, -0.25) is 4.90 Å². The lowest BCUT2D eigenvalue weighted by Crippen LogP contribution is -2.43. The molecule has 0 spiro atoms. The fourth-order valence-electron chi connectivity index (χ4n) is 3.96. The molecule has 1 heterocycles. The minimum absolute atomic E-state index is 0.0854. The van der Waals surface area contributed by atoms with Gasteiger partial charge in [-0.25, -0.2) is 4.79 Å². The maximum atomic E-state index is 12.1. The second kappa shape index (κ2) is 12.9. The van der Waals surface area contributed by atoms with E-state index in [4.69, 9.17) is 19.9 Å². The molecule has 8 heteroatoms. The minimum atomic E-state index is -0.746. The Hall–Kier alpha value is -3.88. The van der Waals surface area contributed by atoms with Gasteiger partial charge in [-0.05, 0) is 60.1 Å². The quantitative estimate of drug-likeness (QED) is 0.349. The van der Waals surface area contributed by atoms with Crippen molar-refractivity contribution in [1.82, 2.24) is 9.80 Å². The number of amides is 1. The molecule has 1 saturated heterocycles. The Labute approximate surface area is 218 Å². The molecule has 4 rings (SSSR count). The number of ether oxygens (including phenoxy) is 3. The predicted octanol–water partition coefficient (Wildman–Crippen LogP) is 4.06. The van der Waals surface area contributed by atoms with E-state index in [1.165, 1.54) is 5.56 Å². The van der Waals surface area contributed by atoms with Crippen LogP contribution in [0.5, 0.6) is 11.5 Å². The zero-order chi connectivity index (χ0) is 26.0. The van der Waals surface area contributed by atoms with Crippen LogP contribution in [0.25, 0.3) is 0 Å². The molecule has 0 aliphatic carbocycles. The third-order valence-electron chi connectivity index (χ3n) is 6.31. The SMILES string of the molecule is COc1ccc(COC(=O)/N=C(\N)c2ccc(OCc3ccc(CN4CCN(C)CC4)cc3)cc2)cc1. The van der Waals surface area contributed by atoms with Crippen LogP contribution in [0, 0.1) is 0 Å². The van der Waals surface area contributed by atoms with E-state index in [1.54, 1.807) is 31.4 Å². The molecule has 0 atom stereocenters. The van der Waals surface area contributed by atoms with Gasteiger partial charge in [-0.15, -0.1) is 0 Å². The number of carbonyl (C=O) groups excluding carboxylic acids is 1. The summed E-state index contributed by atoms with van der Waals surface area (Å²) in [5.41, 5.74) is 9.85. The Morgan fingerprint density at radius 2 is 1.38 bits per heavy atom. The van der Waals surface area contributed by atoms with Crippen LogP contribution in [0.1, 0.15) is 22.3 Å². The van der Waals surface area contributed by atoms with Crippen molar-refractivity contribution in [3.05, 3.63) is 95.1 Å². The van der Waals surface area contributed by atoms with Crippen LogP contribution >= 0.6 is 0 Å². The topological polar surface area (TPSA) is 89.6 Å². The highest BCUT2D eigenvalue weighted by atomic mass is 16.5. The summed E-state index contributed by atoms with van der Waals surface area (Å²) >= 11 is 0. The minimum Gasteiger partial charge on any atom is -0.497 e. The summed E-state index contributed by atoms with van der Waals surface area (Å²) in [6, 6.07) is 23.0. The molecular formula is C29H34N4O4. The molecule has 0 aromatic heterocycles. The maximum absolute atomic E-state index is 12.1. The Morgan fingerprint density at radius 3 is 2.03 bits per heavy atom. The molecule has 1 aliphatic heterocycles. The average Bonchev–Trinajstić information content (AvgIpc) is 2.93. The van der Waals surface area contributed by atoms with Crippen molar-refractivity contribution in [3.8, 4) is 11.5 Å². The van der Waals surface area contributed by atoms with E-state index in [9.17, 15) is 4.79 Å². The van der Waals surface area contributed by atoms with E-state index in [0.29, 0.717) is 17.9 Å². The van der Waals surface area contributed by atoms with Gasteiger partial charge in [0, 0.05) is 38.3 Å². The van der Waals surface area contributed by atoms with Crippen LogP contribution in [-0.2, 0) is 24.5 Å². The van der Waals surface area contributed by atoms with E-state index in [1.807, 2.05) is 24.3 Å². The summed E-state index contributed by atoms with van der Waals surface area (Å²) < 4.78 is 16.2. The van der Waals surface area contributed by atoms with Gasteiger partial charge in [0.05, 0.1) is 7.11 Å². The summed E-state index contributed by atoms with van der Waals surface area (Å²) in [6.07, 6.45) is -0.746. The van der Waals surface area contributed by atoms with Gasteiger partial charge in [0.1, 0.15) is 30.5 Å². The first kappa shape index (κ1) is 26.2. The first-order chi connectivity index (χ1) is 18.0. The zero-order valence-corrected chi connectivity index (χ0v) is 21.4. The van der Waals surface area contributed by atoms with Crippen LogP contribution in [0.4, 0.5) is 4.79 Å². The monoisotopic (exact) mass is 502 g/mol. The van der Waals surface area contributed by atoms with Gasteiger partial charge in [0.2, 0.25) is 0 Å². The van der Waals surface area contributed by atoms with Gasteiger partial charge in [-0.2, -0.15) is 4.99 Å². The molecule has 8 nitrogen and oxygen atoms in total. The highest BCUT2D eigenvalue weighted by molar-refractivity contribution is 6.02. The van der Waals surface area contributed by atoms with Crippen molar-refractivity contribution in [3.63, 3.8) is 0 Å². The second-order valence-electron chi connectivity index (χ2n) is 9.11. The number of carbonyl (C=O) groups is 1. The Morgan fingerprint density at radius 1 is 0.811 bits per heavy atom. The summed E-state index contributed by atoms with van der Waals surface area (Å²) in [5, 5.41) is 0. The van der Waals surface area contributed by atoms with Crippen molar-refractivity contribution in [2.75, 3.05) is 40.3 Å². The third kappa shape index (κ3) is 8.06. The average molecular weight is 503 g/mol. The number of rotatable bonds is 9. The van der Waals surface area contributed by atoms with Crippen LogP contribution in [0.3, 0.4) is 0 Å². The molecule has 3 aromatic carbocycles. The smallest absolute Gasteiger partial charge is 0.435 e. The molecule has 1 amide bonds. The van der Waals surface area contributed by atoms with Crippen LogP contribution in [-0.4, -0.2) is 62.1 Å². The standard InChI is InChI=1S/C29H34N4O4/c1-32-15-17-33(18-16-32)19-22-3-5-23(6-4-22)20-36-27-13-9-25(10-14-27)28(30)31-29(34)37-21-24-7-11-26(35-2)12-8-24/h3-14H,15-21H2,1-2H3,(H2,30,31,34). The third-order valence-corrected chi connectivity index (χ3v) is 6.31. The number of amidine groups is 1. The summed E-state index contributed by atoms with van der Waals surface area (Å²) in [7, 11) is 3.77. The lowest BCUT2D eigenvalue weighted by Gasteiger charge is -2.32. The first-order valence-electron chi connectivity index (χ1n) is 12.3. The number of nitrogens with two attached hydrogens (primary N) is 1. The molecule has 37 heavy (non-hydrogen) atoms. The molecule has 0 unspecified atom stereocenters. The van der Waals surface area contributed by atoms with Gasteiger partial charge < -0.3 is 24.8 Å². The van der Waals surface area contributed by atoms with E-state index in [0.717, 1.165) is 49.6 Å². The lowest BCUT2D eigenvalue weighted by atomic mass is 10.1. The van der Waals surface area contributed by atoms with Crippen LogP contribution in [0.2, 0.25) is 0 Å². The zero-order valence-electron chi connectivity index (χ0n) is 21.4. The first-order valence-corrected chi connectivity index (χ1v) is 12.3. The fraction of sp³-hybridized carbons (Fsp3) is 0.310. The molecule has 1 aliphatic rings. The van der Waals surface area contributed by atoms with Crippen molar-refractivity contribution in [2.24, 2.45) is 10.7 Å². The van der Waals surface area contributed by atoms with Gasteiger partial charge in [0.25, 0.3) is 0 Å². The maximum Gasteiger partial charge on any atom is 0.435 e. The number of benzene rings is 3. The van der Waals surface area contributed by atoms with E-state index < -0.39 is 6.09 Å². The number of hydrogen-bond donors (Lipinski definition) is 1. The summed E-state index contributed by atoms with van der Waals surface area (Å²) in [4.78, 5) is 20.7. The molecule has 0 radical (unpaired) electrons. The largest absolute Gasteiger partial charge is 0.497 e. The second-order valence-corrected chi connectivity index (χ2v) is 9.11. The van der Waals surface area contributed by atoms with Crippen molar-refractivity contribution >= 4 is 11.9 Å². The molecular weight excluding hydrogens is 468 g/mol. The van der Waals surface area contributed by atoms with E-state index >= 15 is 0 Å². The molecule has 0 bridgehead atoms. The Balaban J connectivity index is 1.22. The van der Waals surface area contributed by atoms with Gasteiger partial charge >= 0.3 is 6.09 Å². The molecule has 194 valence electrons. The Kier molecular flexibility index (Phi) is 9.13. The van der Waals surface area contributed by atoms with Gasteiger partial charge in [-0.1, -0.05) is 36.4 Å². The highest BCUT2D eigenvalue weighted by Gasteiger charge is 2.13. The number of methoxy groups -OCH3 is 1. The molecule has 2 N–H and O–H groups in total. The normalized spacial score (nSPS) is 14.8. The number of piperazine rings is 1. The summed E-state index contributed by atoms with van der Waals surface area (Å²) in [6.45, 7) is 6.01. The van der Waals surface area contributed by atoms with Crippen LogP contribution in [0.15, 0.2) is 77.8 Å². The summed E-state index contributed by atoms with van der Waals surface area (Å²) in [5.74, 6) is 1.53. The van der Waals surface area contributed by atoms with E-state index in [-0.39, 0.29) is 12.4 Å². The molecule has 1 fully saturated rings. The fourth-order valence-corrected chi connectivity index (χ4v) is 3.96. The number of aliphatic imine (C=N–C) groups is 1. The lowest BCUT2D eigenvalue weighted by molar-refractivity contribution is 0.148. The molecule has 3 aromatic rings. The number of hydrogen-bond acceptors (Lipinski definition) is 6.